The van der Waals surface area contributed by atoms with E-state index >= 15 is 0 Å². The molecule has 0 bridgehead atoms. The number of nitrogens with zero attached hydrogens (tertiary/aromatic N) is 3. The van der Waals surface area contributed by atoms with Crippen LogP contribution in [0.4, 0.5) is 0 Å². The Morgan fingerprint density at radius 2 is 0.840 bits per heavy atom. The van der Waals surface area contributed by atoms with Crippen molar-refractivity contribution in [2.24, 2.45) is 0 Å². The zero-order valence-corrected chi connectivity index (χ0v) is 26.7. The van der Waals surface area contributed by atoms with Gasteiger partial charge in [-0.3, -0.25) is 0 Å². The predicted molar refractivity (Wildman–Crippen MR) is 202 cm³/mol. The van der Waals surface area contributed by atoms with Gasteiger partial charge in [-0.15, -0.1) is 0 Å². The van der Waals surface area contributed by atoms with E-state index in [9.17, 15) is 0 Å². The summed E-state index contributed by atoms with van der Waals surface area (Å²) in [6, 6.07) is 55.8. The maximum Gasteiger partial charge on any atom is 0.164 e. The molecule has 0 unspecified atom stereocenters. The zero-order valence-electron chi connectivity index (χ0n) is 26.7. The molecule has 7 aromatic carbocycles. The normalized spacial score (nSPS) is 11.6. The lowest BCUT2D eigenvalue weighted by molar-refractivity contribution is 0.668. The molecular weight excluding hydrogens is 615 g/mol. The molecule has 0 fully saturated rings. The lowest BCUT2D eigenvalue weighted by Gasteiger charge is -2.13. The first-order chi connectivity index (χ1) is 24.7. The third-order valence-electron chi connectivity index (χ3n) is 9.32. The maximum atomic E-state index is 6.28. The van der Waals surface area contributed by atoms with E-state index in [1.807, 2.05) is 78.9 Å². The minimum Gasteiger partial charge on any atom is -0.456 e. The Balaban J connectivity index is 1.21. The SMILES string of the molecule is c1ccc(-c2cc(-c3nc(-c4ccccc4)nc(-c4ccc5c(c4)oc4ccccc45)n3)cc(-c3cccc4oc5ccccc5c34)c2)cc1. The summed E-state index contributed by atoms with van der Waals surface area (Å²) in [6.45, 7) is 0. The van der Waals surface area contributed by atoms with Crippen LogP contribution in [0.2, 0.25) is 0 Å². The highest BCUT2D eigenvalue weighted by Gasteiger charge is 2.18. The van der Waals surface area contributed by atoms with Gasteiger partial charge in [0.25, 0.3) is 0 Å². The van der Waals surface area contributed by atoms with E-state index in [0.717, 1.165) is 82.8 Å². The Kier molecular flexibility index (Phi) is 6.42. The number of hydrogen-bond acceptors (Lipinski definition) is 5. The van der Waals surface area contributed by atoms with Gasteiger partial charge < -0.3 is 8.83 Å². The monoisotopic (exact) mass is 641 g/mol. The Bertz CT molecular complexity index is 2870. The molecule has 3 aromatic heterocycles. The highest BCUT2D eigenvalue weighted by molar-refractivity contribution is 6.12. The van der Waals surface area contributed by atoms with Gasteiger partial charge in [0.15, 0.2) is 17.5 Å². The van der Waals surface area contributed by atoms with Gasteiger partial charge in [0.05, 0.1) is 0 Å². The van der Waals surface area contributed by atoms with Crippen LogP contribution in [0, 0.1) is 0 Å². The highest BCUT2D eigenvalue weighted by Crippen LogP contribution is 2.40. The molecule has 0 amide bonds. The first kappa shape index (κ1) is 28.2. The van der Waals surface area contributed by atoms with Gasteiger partial charge >= 0.3 is 0 Å². The van der Waals surface area contributed by atoms with E-state index in [0.29, 0.717) is 17.5 Å². The Labute approximate surface area is 287 Å². The molecule has 0 spiro atoms. The predicted octanol–water partition coefficient (Wildman–Crippen LogP) is 12.0. The number of benzene rings is 7. The number of fused-ring (bicyclic) bond motifs is 6. The van der Waals surface area contributed by atoms with Crippen molar-refractivity contribution in [1.29, 1.82) is 0 Å². The van der Waals surface area contributed by atoms with Crippen LogP contribution in [0.25, 0.3) is 100 Å². The molecule has 5 heteroatoms. The van der Waals surface area contributed by atoms with Gasteiger partial charge in [-0.25, -0.2) is 15.0 Å². The molecule has 0 aliphatic heterocycles. The van der Waals surface area contributed by atoms with Crippen LogP contribution in [-0.2, 0) is 0 Å². The zero-order chi connectivity index (χ0) is 33.0. The number of furan rings is 2. The van der Waals surface area contributed by atoms with Crippen molar-refractivity contribution in [3.8, 4) is 56.4 Å². The van der Waals surface area contributed by atoms with Gasteiger partial charge in [-0.1, -0.05) is 115 Å². The molecule has 5 nitrogen and oxygen atoms in total. The summed E-state index contributed by atoms with van der Waals surface area (Å²) in [5, 5.41) is 4.31. The molecular formula is C45H27N3O2. The summed E-state index contributed by atoms with van der Waals surface area (Å²) in [5.74, 6) is 1.76. The van der Waals surface area contributed by atoms with Crippen molar-refractivity contribution in [2.45, 2.75) is 0 Å². The number of rotatable bonds is 5. The van der Waals surface area contributed by atoms with Crippen LogP contribution >= 0.6 is 0 Å². The highest BCUT2D eigenvalue weighted by atomic mass is 16.3. The summed E-state index contributed by atoms with van der Waals surface area (Å²) in [4.78, 5) is 15.3. The van der Waals surface area contributed by atoms with E-state index in [4.69, 9.17) is 23.8 Å². The molecule has 0 radical (unpaired) electrons. The summed E-state index contributed by atoms with van der Waals surface area (Å²) < 4.78 is 12.5. The van der Waals surface area contributed by atoms with Crippen molar-refractivity contribution in [2.75, 3.05) is 0 Å². The quantitative estimate of drug-likeness (QED) is 0.187. The smallest absolute Gasteiger partial charge is 0.164 e. The minimum atomic E-state index is 0.575. The van der Waals surface area contributed by atoms with E-state index in [-0.39, 0.29) is 0 Å². The largest absolute Gasteiger partial charge is 0.456 e. The van der Waals surface area contributed by atoms with Gasteiger partial charge in [0.1, 0.15) is 22.3 Å². The van der Waals surface area contributed by atoms with Crippen LogP contribution in [0.15, 0.2) is 173 Å². The maximum absolute atomic E-state index is 6.28. The average Bonchev–Trinajstić information content (AvgIpc) is 3.76. The first-order valence-electron chi connectivity index (χ1n) is 16.6. The van der Waals surface area contributed by atoms with Gasteiger partial charge in [0, 0.05) is 38.2 Å². The van der Waals surface area contributed by atoms with E-state index in [2.05, 4.69) is 84.9 Å². The fraction of sp³-hybridized carbons (Fsp3) is 0. The molecule has 0 saturated heterocycles. The minimum absolute atomic E-state index is 0.575. The number of aromatic nitrogens is 3. The van der Waals surface area contributed by atoms with Crippen molar-refractivity contribution >= 4 is 43.9 Å². The van der Waals surface area contributed by atoms with Crippen molar-refractivity contribution in [3.05, 3.63) is 164 Å². The van der Waals surface area contributed by atoms with Crippen LogP contribution in [0.1, 0.15) is 0 Å². The van der Waals surface area contributed by atoms with Crippen molar-refractivity contribution in [3.63, 3.8) is 0 Å². The summed E-state index contributed by atoms with van der Waals surface area (Å²) >= 11 is 0. The fourth-order valence-electron chi connectivity index (χ4n) is 6.94. The number of para-hydroxylation sites is 2. The van der Waals surface area contributed by atoms with Gasteiger partial charge in [-0.2, -0.15) is 0 Å². The summed E-state index contributed by atoms with van der Waals surface area (Å²) in [7, 11) is 0. The number of hydrogen-bond donors (Lipinski definition) is 0. The molecule has 0 saturated carbocycles. The molecule has 0 aliphatic rings. The lowest BCUT2D eigenvalue weighted by atomic mass is 9.93. The Morgan fingerprint density at radius 1 is 0.300 bits per heavy atom. The molecule has 10 rings (SSSR count). The average molecular weight is 642 g/mol. The van der Waals surface area contributed by atoms with E-state index < -0.39 is 0 Å². The fourth-order valence-corrected chi connectivity index (χ4v) is 6.94. The van der Waals surface area contributed by atoms with E-state index in [1.54, 1.807) is 0 Å². The topological polar surface area (TPSA) is 65.0 Å². The third-order valence-corrected chi connectivity index (χ3v) is 9.32. The van der Waals surface area contributed by atoms with Crippen molar-refractivity contribution < 1.29 is 8.83 Å². The third kappa shape index (κ3) is 4.75. The molecule has 0 aliphatic carbocycles. The molecule has 0 atom stereocenters. The van der Waals surface area contributed by atoms with Gasteiger partial charge in [0.2, 0.25) is 0 Å². The molecule has 10 aromatic rings. The molecule has 0 N–H and O–H groups in total. The summed E-state index contributed by atoms with van der Waals surface area (Å²) in [5.41, 5.74) is 10.3. The summed E-state index contributed by atoms with van der Waals surface area (Å²) in [6.07, 6.45) is 0. The van der Waals surface area contributed by atoms with Crippen LogP contribution in [-0.4, -0.2) is 15.0 Å². The lowest BCUT2D eigenvalue weighted by Crippen LogP contribution is -2.00. The second-order valence-corrected chi connectivity index (χ2v) is 12.4. The second kappa shape index (κ2) is 11.4. The standard InChI is InChI=1S/C45H27N3O2/c1-3-12-28(13-4-1)31-24-32(34-18-11-21-40-42(34)37-17-8-10-20-39(37)49-40)26-33(25-31)45-47-43(29-14-5-2-6-15-29)46-44(48-45)30-22-23-36-35-16-7-9-19-38(35)50-41(36)27-30/h1-27H. The van der Waals surface area contributed by atoms with Crippen LogP contribution in [0.3, 0.4) is 0 Å². The Morgan fingerprint density at radius 3 is 1.62 bits per heavy atom. The van der Waals surface area contributed by atoms with Crippen molar-refractivity contribution in [1.82, 2.24) is 15.0 Å². The van der Waals surface area contributed by atoms with E-state index in [1.165, 1.54) is 0 Å². The van der Waals surface area contributed by atoms with Crippen LogP contribution in [0.5, 0.6) is 0 Å². The Hall–Kier alpha value is -6.85. The molecule has 234 valence electrons. The first-order valence-corrected chi connectivity index (χ1v) is 16.6. The van der Waals surface area contributed by atoms with Gasteiger partial charge in [-0.05, 0) is 70.8 Å². The molecule has 3 heterocycles. The molecule has 50 heavy (non-hydrogen) atoms. The van der Waals surface area contributed by atoms with Crippen LogP contribution < -0.4 is 0 Å². The second-order valence-electron chi connectivity index (χ2n) is 12.4.